The van der Waals surface area contributed by atoms with Crippen molar-refractivity contribution in [1.29, 1.82) is 0 Å². The largest absolute Gasteiger partial charge is 0.481 e. The van der Waals surface area contributed by atoms with Crippen molar-refractivity contribution in [2.45, 2.75) is 19.3 Å². The molecule has 0 heterocycles. The van der Waals surface area contributed by atoms with Gasteiger partial charge < -0.3 is 5.11 Å². The molecule has 0 atom stereocenters. The van der Waals surface area contributed by atoms with Gasteiger partial charge in [-0.05, 0) is 6.42 Å². The van der Waals surface area contributed by atoms with Crippen LogP contribution in [0.25, 0.3) is 0 Å². The average molecular weight is 149 g/mol. The maximum Gasteiger partial charge on any atom is 0.303 e. The Kier molecular flexibility index (Phi) is 9.08. The van der Waals surface area contributed by atoms with Gasteiger partial charge in [0.15, 0.2) is 0 Å². The van der Waals surface area contributed by atoms with Crippen LogP contribution >= 0.6 is 12.4 Å². The lowest BCUT2D eigenvalue weighted by molar-refractivity contribution is -0.137. The van der Waals surface area contributed by atoms with E-state index in [9.17, 15) is 4.79 Å². The standard InChI is InChI=1S/C6H8O2.ClH/c1-2-3-4-5-6(7)8;/h1H,3-5H2,(H,7,8);1H. The molecule has 0 spiro atoms. The molecule has 9 heavy (non-hydrogen) atoms. The number of carboxylic acid groups (broad SMARTS) is 1. The monoisotopic (exact) mass is 148 g/mol. The van der Waals surface area contributed by atoms with E-state index >= 15 is 0 Å². The Balaban J connectivity index is 0. The molecule has 0 aliphatic heterocycles. The summed E-state index contributed by atoms with van der Waals surface area (Å²) in [4.78, 5) is 9.81. The second kappa shape index (κ2) is 7.32. The molecule has 0 aromatic rings. The topological polar surface area (TPSA) is 37.3 Å². The summed E-state index contributed by atoms with van der Waals surface area (Å²) in [5.41, 5.74) is 0. The molecule has 0 aliphatic carbocycles. The normalized spacial score (nSPS) is 7.00. The van der Waals surface area contributed by atoms with Crippen molar-refractivity contribution in [2.24, 2.45) is 0 Å². The van der Waals surface area contributed by atoms with Crippen molar-refractivity contribution in [2.75, 3.05) is 0 Å². The van der Waals surface area contributed by atoms with Crippen molar-refractivity contribution < 1.29 is 9.90 Å². The van der Waals surface area contributed by atoms with Crippen LogP contribution in [0.1, 0.15) is 19.3 Å². The summed E-state index contributed by atoms with van der Waals surface area (Å²) in [6, 6.07) is 0. The molecule has 2 nitrogen and oxygen atoms in total. The predicted molar refractivity (Wildman–Crippen MR) is 37.6 cm³/mol. The Bertz CT molecular complexity index is 115. The van der Waals surface area contributed by atoms with Crippen LogP contribution in [-0.4, -0.2) is 11.1 Å². The predicted octanol–water partition coefficient (Wildman–Crippen LogP) is 1.30. The summed E-state index contributed by atoms with van der Waals surface area (Å²) in [6.45, 7) is 0. The van der Waals surface area contributed by atoms with Crippen LogP contribution in [-0.2, 0) is 4.79 Å². The molecular formula is C6H9ClO2. The van der Waals surface area contributed by atoms with Gasteiger partial charge >= 0.3 is 5.97 Å². The van der Waals surface area contributed by atoms with Crippen LogP contribution in [0.4, 0.5) is 0 Å². The molecule has 0 rings (SSSR count). The average Bonchev–Trinajstić information content (AvgIpc) is 1.66. The molecule has 0 aliphatic rings. The Hall–Kier alpha value is -0.680. The highest BCUT2D eigenvalue weighted by Crippen LogP contribution is 1.91. The van der Waals surface area contributed by atoms with E-state index in [0.29, 0.717) is 12.8 Å². The molecule has 0 saturated heterocycles. The molecule has 0 saturated carbocycles. The second-order valence-electron chi connectivity index (χ2n) is 1.45. The molecule has 0 aromatic heterocycles. The first kappa shape index (κ1) is 11.2. The van der Waals surface area contributed by atoms with E-state index in [0.717, 1.165) is 0 Å². The summed E-state index contributed by atoms with van der Waals surface area (Å²) in [5.74, 6) is 1.58. The molecule has 0 aromatic carbocycles. The van der Waals surface area contributed by atoms with Crippen LogP contribution in [0.3, 0.4) is 0 Å². The molecule has 0 fully saturated rings. The third kappa shape index (κ3) is 11.1. The van der Waals surface area contributed by atoms with Gasteiger partial charge in [0.1, 0.15) is 0 Å². The van der Waals surface area contributed by atoms with Gasteiger partial charge in [-0.25, -0.2) is 0 Å². The van der Waals surface area contributed by atoms with E-state index in [2.05, 4.69) is 5.92 Å². The highest BCUT2D eigenvalue weighted by Gasteiger charge is 1.92. The van der Waals surface area contributed by atoms with E-state index in [1.54, 1.807) is 0 Å². The molecule has 0 amide bonds. The number of halogens is 1. The van der Waals surface area contributed by atoms with Gasteiger partial charge in [-0.3, -0.25) is 4.79 Å². The lowest BCUT2D eigenvalue weighted by atomic mass is 10.2. The second-order valence-corrected chi connectivity index (χ2v) is 1.45. The lowest BCUT2D eigenvalue weighted by Crippen LogP contribution is -1.92. The first-order chi connectivity index (χ1) is 3.77. The molecule has 1 N–H and O–H groups in total. The number of aliphatic carboxylic acids is 1. The Labute approximate surface area is 60.7 Å². The van der Waals surface area contributed by atoms with Crippen molar-refractivity contribution in [3.8, 4) is 12.3 Å². The van der Waals surface area contributed by atoms with Crippen molar-refractivity contribution in [1.82, 2.24) is 0 Å². The Morgan fingerprint density at radius 2 is 2.22 bits per heavy atom. The van der Waals surface area contributed by atoms with Crippen molar-refractivity contribution in [3.63, 3.8) is 0 Å². The maximum absolute atomic E-state index is 9.81. The zero-order chi connectivity index (χ0) is 6.41. The summed E-state index contributed by atoms with van der Waals surface area (Å²) in [6.07, 6.45) is 6.21. The van der Waals surface area contributed by atoms with Gasteiger partial charge in [0, 0.05) is 12.8 Å². The van der Waals surface area contributed by atoms with Gasteiger partial charge in [-0.1, -0.05) is 0 Å². The molecule has 52 valence electrons. The van der Waals surface area contributed by atoms with Gasteiger partial charge in [-0.2, -0.15) is 0 Å². The molecule has 0 radical (unpaired) electrons. The van der Waals surface area contributed by atoms with Crippen LogP contribution in [0.2, 0.25) is 0 Å². The number of carbonyl (C=O) groups is 1. The summed E-state index contributed by atoms with van der Waals surface area (Å²) in [5, 5.41) is 8.07. The number of carboxylic acids is 1. The number of hydrogen-bond acceptors (Lipinski definition) is 1. The summed E-state index contributed by atoms with van der Waals surface area (Å²) >= 11 is 0. The third-order valence-corrected chi connectivity index (χ3v) is 0.712. The Morgan fingerprint density at radius 3 is 2.56 bits per heavy atom. The number of unbranched alkanes of at least 4 members (excludes halogenated alkanes) is 1. The minimum absolute atomic E-state index is 0. The van der Waals surface area contributed by atoms with E-state index in [1.165, 1.54) is 0 Å². The smallest absolute Gasteiger partial charge is 0.303 e. The minimum atomic E-state index is -0.778. The van der Waals surface area contributed by atoms with Gasteiger partial charge in [0.25, 0.3) is 0 Å². The van der Waals surface area contributed by atoms with Crippen LogP contribution < -0.4 is 0 Å². The van der Waals surface area contributed by atoms with E-state index in [4.69, 9.17) is 11.5 Å². The van der Waals surface area contributed by atoms with Gasteiger partial charge in [0.2, 0.25) is 0 Å². The quantitative estimate of drug-likeness (QED) is 0.484. The van der Waals surface area contributed by atoms with Gasteiger partial charge in [-0.15, -0.1) is 24.8 Å². The van der Waals surface area contributed by atoms with Crippen LogP contribution in [0.5, 0.6) is 0 Å². The van der Waals surface area contributed by atoms with E-state index in [-0.39, 0.29) is 18.8 Å². The fraction of sp³-hybridized carbons (Fsp3) is 0.500. The Morgan fingerprint density at radius 1 is 1.67 bits per heavy atom. The molecular weight excluding hydrogens is 140 g/mol. The fourth-order valence-electron chi connectivity index (χ4n) is 0.342. The fourth-order valence-corrected chi connectivity index (χ4v) is 0.342. The van der Waals surface area contributed by atoms with Crippen LogP contribution in [0.15, 0.2) is 0 Å². The highest BCUT2D eigenvalue weighted by molar-refractivity contribution is 5.85. The van der Waals surface area contributed by atoms with E-state index in [1.807, 2.05) is 0 Å². The number of hydrogen-bond donors (Lipinski definition) is 1. The van der Waals surface area contributed by atoms with Crippen LogP contribution in [0, 0.1) is 12.3 Å². The third-order valence-electron chi connectivity index (χ3n) is 0.712. The first-order valence-corrected chi connectivity index (χ1v) is 2.42. The first-order valence-electron chi connectivity index (χ1n) is 2.42. The van der Waals surface area contributed by atoms with Crippen molar-refractivity contribution in [3.05, 3.63) is 0 Å². The highest BCUT2D eigenvalue weighted by atomic mass is 35.5. The molecule has 0 bridgehead atoms. The number of terminal acetylenes is 1. The number of rotatable bonds is 3. The zero-order valence-corrected chi connectivity index (χ0v) is 5.78. The lowest BCUT2D eigenvalue weighted by Gasteiger charge is -1.85. The molecule has 0 unspecified atom stereocenters. The zero-order valence-electron chi connectivity index (χ0n) is 4.96. The SMILES string of the molecule is C#CCCCC(=O)O.Cl. The van der Waals surface area contributed by atoms with Crippen molar-refractivity contribution >= 4 is 18.4 Å². The van der Waals surface area contributed by atoms with Gasteiger partial charge in [0.05, 0.1) is 0 Å². The maximum atomic E-state index is 9.81. The summed E-state index contributed by atoms with van der Waals surface area (Å²) in [7, 11) is 0. The van der Waals surface area contributed by atoms with E-state index < -0.39 is 5.97 Å². The molecule has 3 heteroatoms. The minimum Gasteiger partial charge on any atom is -0.481 e. The summed E-state index contributed by atoms with van der Waals surface area (Å²) < 4.78 is 0.